The Morgan fingerprint density at radius 2 is 1.55 bits per heavy atom. The van der Waals surface area contributed by atoms with Crippen molar-refractivity contribution >= 4 is 11.8 Å². The zero-order chi connectivity index (χ0) is 21.5. The Labute approximate surface area is 182 Å². The van der Waals surface area contributed by atoms with Crippen molar-refractivity contribution < 1.29 is 14.1 Å². The predicted octanol–water partition coefficient (Wildman–Crippen LogP) is 1.61. The van der Waals surface area contributed by atoms with Gasteiger partial charge in [0.2, 0.25) is 23.5 Å². The molecule has 31 heavy (non-hydrogen) atoms. The minimum atomic E-state index is 0.0853. The fourth-order valence-corrected chi connectivity index (χ4v) is 4.11. The van der Waals surface area contributed by atoms with Gasteiger partial charge >= 0.3 is 0 Å². The zero-order valence-corrected chi connectivity index (χ0v) is 17.9. The lowest BCUT2D eigenvalue weighted by atomic mass is 10.2. The normalized spacial score (nSPS) is 18.1. The van der Waals surface area contributed by atoms with Crippen LogP contribution >= 0.6 is 0 Å². The van der Waals surface area contributed by atoms with Gasteiger partial charge in [0.15, 0.2) is 0 Å². The maximum Gasteiger partial charge on any atom is 0.236 e. The lowest BCUT2D eigenvalue weighted by molar-refractivity contribution is -0.135. The van der Waals surface area contributed by atoms with Crippen molar-refractivity contribution in [2.24, 2.45) is 0 Å². The van der Waals surface area contributed by atoms with Gasteiger partial charge in [-0.25, -0.2) is 0 Å². The molecule has 2 amide bonds. The fraction of sp³-hybridized carbons (Fsp3) is 0.591. The number of carbonyl (C=O) groups is 2. The number of pyridine rings is 1. The van der Waals surface area contributed by atoms with Crippen LogP contribution in [0.15, 0.2) is 29.0 Å². The first-order valence-electron chi connectivity index (χ1n) is 11.2. The molecule has 2 aromatic rings. The third-order valence-electron chi connectivity index (χ3n) is 6.00. The highest BCUT2D eigenvalue weighted by atomic mass is 16.5. The van der Waals surface area contributed by atoms with E-state index in [0.717, 1.165) is 44.6 Å². The standard InChI is InChI=1S/C22H30N6O3/c29-20(6-5-19-24-22(25-31-19)18-7-9-23-10-8-18)28-15-13-26(14-16-28)17-21(30)27-11-3-1-2-4-12-27/h7-10H,1-6,11-17H2. The van der Waals surface area contributed by atoms with Crippen molar-refractivity contribution in [3.8, 4) is 11.4 Å². The van der Waals surface area contributed by atoms with Crippen molar-refractivity contribution in [1.29, 1.82) is 0 Å². The molecule has 0 atom stereocenters. The Hall–Kier alpha value is -2.81. The van der Waals surface area contributed by atoms with E-state index in [2.05, 4.69) is 20.0 Å². The molecule has 4 heterocycles. The second-order valence-electron chi connectivity index (χ2n) is 8.20. The molecule has 0 N–H and O–H groups in total. The molecule has 0 aliphatic carbocycles. The molecule has 0 unspecified atom stereocenters. The van der Waals surface area contributed by atoms with E-state index in [-0.39, 0.29) is 11.8 Å². The maximum absolute atomic E-state index is 12.6. The van der Waals surface area contributed by atoms with Crippen LogP contribution in [0.5, 0.6) is 0 Å². The number of aromatic nitrogens is 3. The van der Waals surface area contributed by atoms with E-state index in [4.69, 9.17) is 4.52 Å². The molecule has 2 fully saturated rings. The zero-order valence-electron chi connectivity index (χ0n) is 17.9. The van der Waals surface area contributed by atoms with Gasteiger partial charge in [0.25, 0.3) is 0 Å². The summed E-state index contributed by atoms with van der Waals surface area (Å²) < 4.78 is 5.28. The van der Waals surface area contributed by atoms with E-state index in [1.54, 1.807) is 12.4 Å². The van der Waals surface area contributed by atoms with Gasteiger partial charge in [-0.2, -0.15) is 4.98 Å². The van der Waals surface area contributed by atoms with Gasteiger partial charge in [-0.05, 0) is 25.0 Å². The summed E-state index contributed by atoms with van der Waals surface area (Å²) in [6.07, 6.45) is 8.77. The third-order valence-corrected chi connectivity index (χ3v) is 6.00. The molecular weight excluding hydrogens is 396 g/mol. The number of hydrogen-bond acceptors (Lipinski definition) is 7. The summed E-state index contributed by atoms with van der Waals surface area (Å²) in [6, 6.07) is 3.63. The minimum absolute atomic E-state index is 0.0853. The summed E-state index contributed by atoms with van der Waals surface area (Å²) in [5.74, 6) is 1.28. The number of carbonyl (C=O) groups excluding carboxylic acids is 2. The molecule has 2 aliphatic heterocycles. The largest absolute Gasteiger partial charge is 0.342 e. The van der Waals surface area contributed by atoms with Gasteiger partial charge < -0.3 is 14.3 Å². The molecular formula is C22H30N6O3. The number of aryl methyl sites for hydroxylation is 1. The number of nitrogens with zero attached hydrogens (tertiary/aromatic N) is 6. The number of hydrogen-bond donors (Lipinski definition) is 0. The molecule has 2 aliphatic rings. The molecule has 0 bridgehead atoms. The fourth-order valence-electron chi connectivity index (χ4n) is 4.11. The number of rotatable bonds is 6. The second kappa shape index (κ2) is 10.5. The Balaban J connectivity index is 1.19. The minimum Gasteiger partial charge on any atom is -0.342 e. The van der Waals surface area contributed by atoms with Gasteiger partial charge in [-0.3, -0.25) is 19.5 Å². The van der Waals surface area contributed by atoms with Crippen LogP contribution in [-0.2, 0) is 16.0 Å². The van der Waals surface area contributed by atoms with Crippen molar-refractivity contribution in [1.82, 2.24) is 29.8 Å². The lowest BCUT2D eigenvalue weighted by Gasteiger charge is -2.35. The van der Waals surface area contributed by atoms with Crippen LogP contribution in [0.25, 0.3) is 11.4 Å². The van der Waals surface area contributed by atoms with E-state index in [0.29, 0.717) is 44.2 Å². The highest BCUT2D eigenvalue weighted by Gasteiger charge is 2.24. The maximum atomic E-state index is 12.6. The molecule has 9 nitrogen and oxygen atoms in total. The van der Waals surface area contributed by atoms with Crippen LogP contribution < -0.4 is 0 Å². The first-order chi connectivity index (χ1) is 15.2. The topological polar surface area (TPSA) is 95.7 Å². The smallest absolute Gasteiger partial charge is 0.236 e. The van der Waals surface area contributed by atoms with Crippen LogP contribution in [0, 0.1) is 0 Å². The van der Waals surface area contributed by atoms with Crippen molar-refractivity contribution in [2.45, 2.75) is 38.5 Å². The Bertz CT molecular complexity index is 855. The summed E-state index contributed by atoms with van der Waals surface area (Å²) in [7, 11) is 0. The van der Waals surface area contributed by atoms with Gasteiger partial charge in [-0.15, -0.1) is 0 Å². The third kappa shape index (κ3) is 5.88. The summed E-state index contributed by atoms with van der Waals surface area (Å²) in [4.78, 5) is 39.6. The molecule has 166 valence electrons. The van der Waals surface area contributed by atoms with Gasteiger partial charge in [0.1, 0.15) is 0 Å². The van der Waals surface area contributed by atoms with Gasteiger partial charge in [0.05, 0.1) is 6.54 Å². The molecule has 0 aromatic carbocycles. The number of likely N-dealkylation sites (tertiary alicyclic amines) is 1. The van der Waals surface area contributed by atoms with Crippen LogP contribution in [0.3, 0.4) is 0 Å². The van der Waals surface area contributed by atoms with Crippen LogP contribution in [-0.4, -0.2) is 87.5 Å². The lowest BCUT2D eigenvalue weighted by Crippen LogP contribution is -2.51. The average Bonchev–Trinajstić information content (AvgIpc) is 3.11. The second-order valence-corrected chi connectivity index (χ2v) is 8.20. The molecule has 4 rings (SSSR count). The Kier molecular flexibility index (Phi) is 7.24. The van der Waals surface area contributed by atoms with Crippen molar-refractivity contribution in [2.75, 3.05) is 45.8 Å². The Morgan fingerprint density at radius 1 is 0.871 bits per heavy atom. The summed E-state index contributed by atoms with van der Waals surface area (Å²) in [5.41, 5.74) is 0.835. The number of piperazine rings is 1. The van der Waals surface area contributed by atoms with E-state index in [1.165, 1.54) is 12.8 Å². The average molecular weight is 427 g/mol. The molecule has 9 heteroatoms. The van der Waals surface area contributed by atoms with Crippen LogP contribution in [0.2, 0.25) is 0 Å². The van der Waals surface area contributed by atoms with Gasteiger partial charge in [0, 0.05) is 70.1 Å². The predicted molar refractivity (Wildman–Crippen MR) is 114 cm³/mol. The van der Waals surface area contributed by atoms with Gasteiger partial charge in [-0.1, -0.05) is 18.0 Å². The van der Waals surface area contributed by atoms with Crippen molar-refractivity contribution in [3.05, 3.63) is 30.4 Å². The SMILES string of the molecule is O=C(CCc1nc(-c2ccncc2)no1)N1CCN(CC(=O)N2CCCCCC2)CC1. The first kappa shape index (κ1) is 21.4. The van der Waals surface area contributed by atoms with E-state index >= 15 is 0 Å². The highest BCUT2D eigenvalue weighted by Crippen LogP contribution is 2.15. The highest BCUT2D eigenvalue weighted by molar-refractivity contribution is 5.78. The summed E-state index contributed by atoms with van der Waals surface area (Å²) >= 11 is 0. The molecule has 2 aromatic heterocycles. The Morgan fingerprint density at radius 3 is 2.26 bits per heavy atom. The first-order valence-corrected chi connectivity index (χ1v) is 11.2. The molecule has 0 spiro atoms. The van der Waals surface area contributed by atoms with Crippen molar-refractivity contribution in [3.63, 3.8) is 0 Å². The van der Waals surface area contributed by atoms with Crippen LogP contribution in [0.1, 0.15) is 38.0 Å². The monoisotopic (exact) mass is 426 g/mol. The molecule has 2 saturated heterocycles. The summed E-state index contributed by atoms with van der Waals surface area (Å²) in [6.45, 7) is 5.00. The summed E-state index contributed by atoms with van der Waals surface area (Å²) in [5, 5.41) is 3.98. The van der Waals surface area contributed by atoms with Crippen LogP contribution in [0.4, 0.5) is 0 Å². The van der Waals surface area contributed by atoms with E-state index in [9.17, 15) is 9.59 Å². The quantitative estimate of drug-likeness (QED) is 0.692. The molecule has 0 saturated carbocycles. The molecule has 0 radical (unpaired) electrons. The van der Waals surface area contributed by atoms with E-state index in [1.807, 2.05) is 21.9 Å². The van der Waals surface area contributed by atoms with E-state index < -0.39 is 0 Å². The number of amides is 2.